The molecule has 0 heterocycles. The zero-order valence-electron chi connectivity index (χ0n) is 14.2. The molecule has 0 spiro atoms. The van der Waals surface area contributed by atoms with E-state index in [1.54, 1.807) is 0 Å². The van der Waals surface area contributed by atoms with Crippen LogP contribution in [0.1, 0.15) is 48.7 Å². The molecule has 3 nitrogen and oxygen atoms in total. The number of rotatable bonds is 7. The molecule has 2 N–H and O–H groups in total. The Bertz CT molecular complexity index is 652. The Labute approximate surface area is 139 Å². The van der Waals surface area contributed by atoms with Crippen molar-refractivity contribution in [1.82, 2.24) is 5.32 Å². The molecule has 1 atom stereocenters. The van der Waals surface area contributed by atoms with Crippen LogP contribution in [-0.2, 0) is 13.0 Å². The summed E-state index contributed by atoms with van der Waals surface area (Å²) >= 11 is 0. The van der Waals surface area contributed by atoms with Crippen molar-refractivity contribution in [3.63, 3.8) is 0 Å². The minimum atomic E-state index is -0.00448. The van der Waals surface area contributed by atoms with Gasteiger partial charge in [0.1, 0.15) is 0 Å². The Morgan fingerprint density at radius 2 is 1.87 bits per heavy atom. The van der Waals surface area contributed by atoms with E-state index in [4.69, 9.17) is 0 Å². The highest BCUT2D eigenvalue weighted by Gasteiger charge is 2.09. The van der Waals surface area contributed by atoms with Gasteiger partial charge in [-0.2, -0.15) is 0 Å². The first-order chi connectivity index (χ1) is 11.1. The largest absolute Gasteiger partial charge is 0.381 e. The molecule has 2 aromatic rings. The predicted molar refractivity (Wildman–Crippen MR) is 96.8 cm³/mol. The lowest BCUT2D eigenvalue weighted by Gasteiger charge is -2.13. The molecule has 3 heteroatoms. The minimum Gasteiger partial charge on any atom is -0.381 e. The lowest BCUT2D eigenvalue weighted by atomic mass is 10.1. The first-order valence-corrected chi connectivity index (χ1v) is 8.35. The van der Waals surface area contributed by atoms with E-state index in [1.165, 1.54) is 5.56 Å². The highest BCUT2D eigenvalue weighted by atomic mass is 16.1. The van der Waals surface area contributed by atoms with E-state index in [0.29, 0.717) is 12.1 Å². The van der Waals surface area contributed by atoms with E-state index < -0.39 is 0 Å². The Morgan fingerprint density at radius 1 is 1.09 bits per heavy atom. The van der Waals surface area contributed by atoms with E-state index in [0.717, 1.165) is 24.1 Å². The molecule has 0 saturated carbocycles. The predicted octanol–water partition coefficient (Wildman–Crippen LogP) is 4.39. The number of carbonyl (C=O) groups is 1. The number of carbonyl (C=O) groups excluding carboxylic acids is 1. The van der Waals surface area contributed by atoms with Crippen molar-refractivity contribution < 1.29 is 4.79 Å². The third kappa shape index (κ3) is 4.85. The number of amides is 1. The van der Waals surface area contributed by atoms with Crippen LogP contribution in [0.25, 0.3) is 0 Å². The molecule has 0 saturated heterocycles. The summed E-state index contributed by atoms with van der Waals surface area (Å²) in [6.45, 7) is 6.95. The summed E-state index contributed by atoms with van der Waals surface area (Å²) in [6.07, 6.45) is 1.93. The van der Waals surface area contributed by atoms with Crippen molar-refractivity contribution >= 4 is 11.6 Å². The second-order valence-corrected chi connectivity index (χ2v) is 5.85. The maximum absolute atomic E-state index is 12.2. The molecular formula is C20H26N2O. The molecule has 2 rings (SSSR count). The first-order valence-electron chi connectivity index (χ1n) is 8.35. The normalized spacial score (nSPS) is 11.8. The SMILES string of the molecule is CCc1ccccc1NCc1cccc(C(=O)NC(C)CC)c1. The molecule has 0 aliphatic carbocycles. The second-order valence-electron chi connectivity index (χ2n) is 5.85. The third-order valence-corrected chi connectivity index (χ3v) is 4.06. The van der Waals surface area contributed by atoms with E-state index in [9.17, 15) is 4.79 Å². The average molecular weight is 310 g/mol. The molecular weight excluding hydrogens is 284 g/mol. The van der Waals surface area contributed by atoms with Gasteiger partial charge < -0.3 is 10.6 Å². The van der Waals surface area contributed by atoms with E-state index in [-0.39, 0.29) is 11.9 Å². The van der Waals surface area contributed by atoms with Gasteiger partial charge >= 0.3 is 0 Å². The van der Waals surface area contributed by atoms with Gasteiger partial charge in [0.05, 0.1) is 0 Å². The zero-order chi connectivity index (χ0) is 16.7. The van der Waals surface area contributed by atoms with Gasteiger partial charge in [0, 0.05) is 23.8 Å². The summed E-state index contributed by atoms with van der Waals surface area (Å²) in [5.41, 5.74) is 4.28. The van der Waals surface area contributed by atoms with Crippen molar-refractivity contribution in [3.05, 3.63) is 65.2 Å². The topological polar surface area (TPSA) is 41.1 Å². The van der Waals surface area contributed by atoms with Crippen molar-refractivity contribution in [3.8, 4) is 0 Å². The summed E-state index contributed by atoms with van der Waals surface area (Å²) in [6, 6.07) is 16.3. The van der Waals surface area contributed by atoms with Crippen LogP contribution in [0.3, 0.4) is 0 Å². The van der Waals surface area contributed by atoms with Crippen LogP contribution in [-0.4, -0.2) is 11.9 Å². The molecule has 122 valence electrons. The third-order valence-electron chi connectivity index (χ3n) is 4.06. The maximum atomic E-state index is 12.2. The summed E-state index contributed by atoms with van der Waals surface area (Å²) in [5, 5.41) is 6.47. The highest BCUT2D eigenvalue weighted by molar-refractivity contribution is 5.94. The average Bonchev–Trinajstić information content (AvgIpc) is 2.60. The second kappa shape index (κ2) is 8.37. The van der Waals surface area contributed by atoms with Crippen LogP contribution in [0.2, 0.25) is 0 Å². The standard InChI is InChI=1S/C20H26N2O/c1-4-15(3)22-20(23)18-11-8-9-16(13-18)14-21-19-12-7-6-10-17(19)5-2/h6-13,15,21H,4-5,14H2,1-3H3,(H,22,23). The Balaban J connectivity index is 2.04. The van der Waals surface area contributed by atoms with Crippen molar-refractivity contribution in [1.29, 1.82) is 0 Å². The molecule has 1 unspecified atom stereocenters. The smallest absolute Gasteiger partial charge is 0.251 e. The fourth-order valence-corrected chi connectivity index (χ4v) is 2.43. The molecule has 0 aliphatic rings. The molecule has 0 aromatic heterocycles. The number of aryl methyl sites for hydroxylation is 1. The van der Waals surface area contributed by atoms with Crippen LogP contribution in [0, 0.1) is 0 Å². The lowest BCUT2D eigenvalue weighted by molar-refractivity contribution is 0.0939. The Morgan fingerprint density at radius 3 is 2.61 bits per heavy atom. The monoisotopic (exact) mass is 310 g/mol. The first kappa shape index (κ1) is 17.1. The van der Waals surface area contributed by atoms with E-state index in [1.807, 2.05) is 37.3 Å². The van der Waals surface area contributed by atoms with Crippen molar-refractivity contribution in [2.24, 2.45) is 0 Å². The molecule has 1 amide bonds. The quantitative estimate of drug-likeness (QED) is 0.796. The summed E-state index contributed by atoms with van der Waals surface area (Å²) in [5.74, 6) is -0.00448. The number of benzene rings is 2. The number of hydrogen-bond donors (Lipinski definition) is 2. The minimum absolute atomic E-state index is 0.00448. The van der Waals surface area contributed by atoms with Gasteiger partial charge in [-0.05, 0) is 49.1 Å². The van der Waals surface area contributed by atoms with Gasteiger partial charge in [-0.1, -0.05) is 44.2 Å². The van der Waals surface area contributed by atoms with Crippen LogP contribution in [0.5, 0.6) is 0 Å². The molecule has 0 radical (unpaired) electrons. The molecule has 2 aromatic carbocycles. The number of anilines is 1. The molecule has 0 bridgehead atoms. The summed E-state index contributed by atoms with van der Waals surface area (Å²) in [7, 11) is 0. The number of para-hydroxylation sites is 1. The van der Waals surface area contributed by atoms with Crippen LogP contribution >= 0.6 is 0 Å². The van der Waals surface area contributed by atoms with Crippen LogP contribution in [0.15, 0.2) is 48.5 Å². The number of hydrogen-bond acceptors (Lipinski definition) is 2. The fourth-order valence-electron chi connectivity index (χ4n) is 2.43. The fraction of sp³-hybridized carbons (Fsp3) is 0.350. The van der Waals surface area contributed by atoms with Crippen LogP contribution < -0.4 is 10.6 Å². The molecule has 23 heavy (non-hydrogen) atoms. The van der Waals surface area contributed by atoms with Gasteiger partial charge in [0.25, 0.3) is 5.91 Å². The molecule has 0 fully saturated rings. The Kier molecular flexibility index (Phi) is 6.21. The highest BCUT2D eigenvalue weighted by Crippen LogP contribution is 2.17. The van der Waals surface area contributed by atoms with Gasteiger partial charge in [-0.15, -0.1) is 0 Å². The van der Waals surface area contributed by atoms with E-state index in [2.05, 4.69) is 42.7 Å². The van der Waals surface area contributed by atoms with Crippen molar-refractivity contribution in [2.75, 3.05) is 5.32 Å². The van der Waals surface area contributed by atoms with Crippen LogP contribution in [0.4, 0.5) is 5.69 Å². The lowest BCUT2D eigenvalue weighted by Crippen LogP contribution is -2.31. The summed E-state index contributed by atoms with van der Waals surface area (Å²) in [4.78, 5) is 12.2. The van der Waals surface area contributed by atoms with Gasteiger partial charge in [-0.25, -0.2) is 0 Å². The Hall–Kier alpha value is -2.29. The summed E-state index contributed by atoms with van der Waals surface area (Å²) < 4.78 is 0. The zero-order valence-corrected chi connectivity index (χ0v) is 14.2. The van der Waals surface area contributed by atoms with Gasteiger partial charge in [0.15, 0.2) is 0 Å². The maximum Gasteiger partial charge on any atom is 0.251 e. The van der Waals surface area contributed by atoms with Gasteiger partial charge in [-0.3, -0.25) is 4.79 Å². The van der Waals surface area contributed by atoms with E-state index >= 15 is 0 Å². The number of nitrogens with one attached hydrogen (secondary N) is 2. The van der Waals surface area contributed by atoms with Gasteiger partial charge in [0.2, 0.25) is 0 Å². The van der Waals surface area contributed by atoms with Crippen molar-refractivity contribution in [2.45, 2.75) is 46.2 Å². The molecule has 0 aliphatic heterocycles.